The van der Waals surface area contributed by atoms with E-state index >= 15 is 0 Å². The lowest BCUT2D eigenvalue weighted by atomic mass is 10.1. The highest BCUT2D eigenvalue weighted by molar-refractivity contribution is 5.50. The number of aliphatic hydroxyl groups excluding tert-OH is 1. The lowest BCUT2D eigenvalue weighted by Gasteiger charge is -2.36. The van der Waals surface area contributed by atoms with Gasteiger partial charge in [-0.05, 0) is 36.9 Å². The van der Waals surface area contributed by atoms with Gasteiger partial charge in [-0.15, -0.1) is 0 Å². The van der Waals surface area contributed by atoms with Crippen LogP contribution in [0.25, 0.3) is 0 Å². The van der Waals surface area contributed by atoms with Crippen LogP contribution in [0.1, 0.15) is 11.7 Å². The third kappa shape index (κ3) is 3.81. The van der Waals surface area contributed by atoms with Gasteiger partial charge in [0.25, 0.3) is 0 Å². The molecule has 2 aromatic rings. The van der Waals surface area contributed by atoms with Gasteiger partial charge in [-0.2, -0.15) is 0 Å². The normalized spacial score (nSPS) is 16.4. The van der Waals surface area contributed by atoms with Gasteiger partial charge in [0.1, 0.15) is 5.82 Å². The standard InChI is InChI=1S/C18H24N4O/c1-19-14-17(23)15-5-7-16(8-6-15)21-10-12-22(13-11-21)18-4-2-3-9-20-18/h2-9,17,19,23H,10-14H2,1H3. The summed E-state index contributed by atoms with van der Waals surface area (Å²) in [5, 5.41) is 13.0. The van der Waals surface area contributed by atoms with Gasteiger partial charge in [-0.3, -0.25) is 0 Å². The first-order valence-electron chi connectivity index (χ1n) is 8.11. The van der Waals surface area contributed by atoms with Crippen molar-refractivity contribution in [3.63, 3.8) is 0 Å². The second-order valence-electron chi connectivity index (χ2n) is 5.83. The first-order chi connectivity index (χ1) is 11.3. The van der Waals surface area contributed by atoms with Gasteiger partial charge in [0.2, 0.25) is 0 Å². The van der Waals surface area contributed by atoms with Crippen LogP contribution in [0.15, 0.2) is 48.7 Å². The number of hydrogen-bond donors (Lipinski definition) is 2. The van der Waals surface area contributed by atoms with Crippen LogP contribution in [0, 0.1) is 0 Å². The monoisotopic (exact) mass is 312 g/mol. The van der Waals surface area contributed by atoms with Crippen LogP contribution >= 0.6 is 0 Å². The Morgan fingerprint density at radius 3 is 2.35 bits per heavy atom. The van der Waals surface area contributed by atoms with Crippen LogP contribution in [0.3, 0.4) is 0 Å². The van der Waals surface area contributed by atoms with E-state index in [-0.39, 0.29) is 0 Å². The highest BCUT2D eigenvalue weighted by Crippen LogP contribution is 2.21. The quantitative estimate of drug-likeness (QED) is 0.879. The Hall–Kier alpha value is -2.11. The predicted octanol–water partition coefficient (Wildman–Crippen LogP) is 1.66. The van der Waals surface area contributed by atoms with Gasteiger partial charge < -0.3 is 20.2 Å². The van der Waals surface area contributed by atoms with Crippen molar-refractivity contribution in [1.29, 1.82) is 0 Å². The Bertz CT molecular complexity index is 594. The minimum Gasteiger partial charge on any atom is -0.387 e. The molecule has 0 spiro atoms. The number of piperazine rings is 1. The van der Waals surface area contributed by atoms with Crippen molar-refractivity contribution in [3.8, 4) is 0 Å². The van der Waals surface area contributed by atoms with E-state index < -0.39 is 6.10 Å². The number of pyridine rings is 1. The van der Waals surface area contributed by atoms with Crippen molar-refractivity contribution >= 4 is 11.5 Å². The SMILES string of the molecule is CNCC(O)c1ccc(N2CCN(c3ccccn3)CC2)cc1. The molecule has 2 N–H and O–H groups in total. The second-order valence-corrected chi connectivity index (χ2v) is 5.83. The fourth-order valence-corrected chi connectivity index (χ4v) is 2.95. The molecule has 1 aromatic heterocycles. The maximum Gasteiger partial charge on any atom is 0.128 e. The Kier molecular flexibility index (Phi) is 5.10. The largest absolute Gasteiger partial charge is 0.387 e. The number of likely N-dealkylation sites (N-methyl/N-ethyl adjacent to an activating group) is 1. The van der Waals surface area contributed by atoms with Crippen LogP contribution < -0.4 is 15.1 Å². The summed E-state index contributed by atoms with van der Waals surface area (Å²) < 4.78 is 0. The van der Waals surface area contributed by atoms with Gasteiger partial charge >= 0.3 is 0 Å². The summed E-state index contributed by atoms with van der Waals surface area (Å²) in [7, 11) is 1.85. The zero-order valence-corrected chi connectivity index (χ0v) is 13.5. The summed E-state index contributed by atoms with van der Waals surface area (Å²) in [4.78, 5) is 9.13. The number of hydrogen-bond acceptors (Lipinski definition) is 5. The number of rotatable bonds is 5. The predicted molar refractivity (Wildman–Crippen MR) is 94.0 cm³/mol. The van der Waals surface area contributed by atoms with Gasteiger partial charge in [0, 0.05) is 44.6 Å². The maximum atomic E-state index is 9.99. The Labute approximate surface area is 137 Å². The number of benzene rings is 1. The van der Waals surface area contributed by atoms with Crippen molar-refractivity contribution in [1.82, 2.24) is 10.3 Å². The third-order valence-corrected chi connectivity index (χ3v) is 4.29. The summed E-state index contributed by atoms with van der Waals surface area (Å²) in [5.41, 5.74) is 2.17. The van der Waals surface area contributed by atoms with Crippen molar-refractivity contribution in [3.05, 3.63) is 54.2 Å². The van der Waals surface area contributed by atoms with Gasteiger partial charge in [0.05, 0.1) is 6.10 Å². The van der Waals surface area contributed by atoms with E-state index in [1.807, 2.05) is 37.5 Å². The molecule has 0 aliphatic carbocycles. The molecule has 0 saturated carbocycles. The summed E-state index contributed by atoms with van der Waals surface area (Å²) in [6, 6.07) is 14.3. The lowest BCUT2D eigenvalue weighted by Crippen LogP contribution is -2.46. The van der Waals surface area contributed by atoms with E-state index in [4.69, 9.17) is 0 Å². The van der Waals surface area contributed by atoms with Crippen LogP contribution in [0.2, 0.25) is 0 Å². The Morgan fingerprint density at radius 2 is 1.74 bits per heavy atom. The van der Waals surface area contributed by atoms with Crippen molar-refractivity contribution in [2.24, 2.45) is 0 Å². The number of nitrogens with one attached hydrogen (secondary N) is 1. The summed E-state index contributed by atoms with van der Waals surface area (Å²) in [6.45, 7) is 4.48. The van der Waals surface area contributed by atoms with E-state index in [9.17, 15) is 5.11 Å². The number of anilines is 2. The van der Waals surface area contributed by atoms with Crippen LogP contribution in [-0.4, -0.2) is 49.9 Å². The van der Waals surface area contributed by atoms with Gasteiger partial charge in [-0.1, -0.05) is 18.2 Å². The highest BCUT2D eigenvalue weighted by Gasteiger charge is 2.18. The molecule has 23 heavy (non-hydrogen) atoms. The summed E-state index contributed by atoms with van der Waals surface area (Å²) in [6.07, 6.45) is 1.40. The molecule has 5 heteroatoms. The molecule has 3 rings (SSSR count). The summed E-state index contributed by atoms with van der Waals surface area (Å²) >= 11 is 0. The van der Waals surface area contributed by atoms with Crippen molar-refractivity contribution in [2.75, 3.05) is 49.6 Å². The number of aliphatic hydroxyl groups is 1. The fraction of sp³-hybridized carbons (Fsp3) is 0.389. The molecule has 0 radical (unpaired) electrons. The Balaban J connectivity index is 1.59. The molecular weight excluding hydrogens is 288 g/mol. The molecule has 0 amide bonds. The molecule has 1 aliphatic heterocycles. The topological polar surface area (TPSA) is 51.6 Å². The van der Waals surface area contributed by atoms with Crippen LogP contribution in [0.4, 0.5) is 11.5 Å². The maximum absolute atomic E-state index is 9.99. The molecule has 2 heterocycles. The number of nitrogens with zero attached hydrogens (tertiary/aromatic N) is 3. The molecule has 1 fully saturated rings. The number of aromatic nitrogens is 1. The fourth-order valence-electron chi connectivity index (χ4n) is 2.95. The lowest BCUT2D eigenvalue weighted by molar-refractivity contribution is 0.178. The van der Waals surface area contributed by atoms with Crippen molar-refractivity contribution < 1.29 is 5.11 Å². The van der Waals surface area contributed by atoms with E-state index in [0.717, 1.165) is 37.6 Å². The van der Waals surface area contributed by atoms with Crippen molar-refractivity contribution in [2.45, 2.75) is 6.10 Å². The molecule has 122 valence electrons. The zero-order chi connectivity index (χ0) is 16.1. The highest BCUT2D eigenvalue weighted by atomic mass is 16.3. The minimum absolute atomic E-state index is 0.449. The summed E-state index contributed by atoms with van der Waals surface area (Å²) in [5.74, 6) is 1.05. The van der Waals surface area contributed by atoms with Crippen LogP contribution in [-0.2, 0) is 0 Å². The Morgan fingerprint density at radius 1 is 1.04 bits per heavy atom. The first kappa shape index (κ1) is 15.8. The van der Waals surface area contributed by atoms with E-state index in [1.54, 1.807) is 0 Å². The second kappa shape index (κ2) is 7.44. The zero-order valence-electron chi connectivity index (χ0n) is 13.5. The molecule has 1 unspecified atom stereocenters. The smallest absolute Gasteiger partial charge is 0.128 e. The first-order valence-corrected chi connectivity index (χ1v) is 8.11. The minimum atomic E-state index is -0.449. The van der Waals surface area contributed by atoms with Gasteiger partial charge in [0.15, 0.2) is 0 Å². The molecule has 1 saturated heterocycles. The average molecular weight is 312 g/mol. The average Bonchev–Trinajstić information content (AvgIpc) is 2.63. The van der Waals surface area contributed by atoms with Gasteiger partial charge in [-0.25, -0.2) is 4.98 Å². The van der Waals surface area contributed by atoms with E-state index in [1.165, 1.54) is 5.69 Å². The van der Waals surface area contributed by atoms with Crippen LogP contribution in [0.5, 0.6) is 0 Å². The third-order valence-electron chi connectivity index (χ3n) is 4.29. The molecule has 0 bridgehead atoms. The molecule has 1 aliphatic rings. The molecule has 1 aromatic carbocycles. The van der Waals surface area contributed by atoms with E-state index in [0.29, 0.717) is 6.54 Å². The molecular formula is C18H24N4O. The van der Waals surface area contributed by atoms with E-state index in [2.05, 4.69) is 38.3 Å². The molecule has 5 nitrogen and oxygen atoms in total. The molecule has 1 atom stereocenters.